The van der Waals surface area contributed by atoms with Crippen LogP contribution in [-0.4, -0.2) is 10.6 Å². The molecule has 0 aliphatic rings. The first kappa shape index (κ1) is 19.4. The van der Waals surface area contributed by atoms with E-state index in [0.717, 1.165) is 12.1 Å². The lowest BCUT2D eigenvalue weighted by Gasteiger charge is -2.24. The minimum Gasteiger partial charge on any atom is -0.276 e. The molecule has 0 saturated heterocycles. The van der Waals surface area contributed by atoms with E-state index < -0.39 is 40.5 Å². The minimum atomic E-state index is -6.32. The highest BCUT2D eigenvalue weighted by Gasteiger charge is 2.62. The Kier molecular flexibility index (Phi) is 4.18. The van der Waals surface area contributed by atoms with E-state index in [4.69, 9.17) is 11.6 Å². The number of alkyl halides is 8. The van der Waals surface area contributed by atoms with Gasteiger partial charge in [0.1, 0.15) is 5.56 Å². The molecule has 11 heteroatoms. The molecule has 0 N–H and O–H groups in total. The van der Waals surface area contributed by atoms with Gasteiger partial charge in [0.25, 0.3) is 5.56 Å². The summed E-state index contributed by atoms with van der Waals surface area (Å²) in [6.45, 7) is 0. The second kappa shape index (κ2) is 5.82. The summed E-state index contributed by atoms with van der Waals surface area (Å²) in [5.41, 5.74) is -7.74. The molecule has 3 aromatic rings. The Morgan fingerprint density at radius 3 is 2.04 bits per heavy atom. The van der Waals surface area contributed by atoms with E-state index in [2.05, 4.69) is 0 Å². The molecule has 0 aliphatic heterocycles. The molecule has 0 unspecified atom stereocenters. The van der Waals surface area contributed by atoms with Crippen LogP contribution in [0.2, 0.25) is 5.02 Å². The molecule has 0 saturated carbocycles. The van der Waals surface area contributed by atoms with Crippen molar-refractivity contribution in [1.82, 2.24) is 4.40 Å². The quantitative estimate of drug-likeness (QED) is 0.365. The number of fused-ring (bicyclic) bond motifs is 3. The lowest BCUT2D eigenvalue weighted by Crippen LogP contribution is -2.39. The van der Waals surface area contributed by atoms with E-state index in [1.165, 1.54) is 18.2 Å². The maximum Gasteiger partial charge on any atom is 0.458 e. The van der Waals surface area contributed by atoms with Crippen LogP contribution in [0.1, 0.15) is 11.1 Å². The first-order chi connectivity index (χ1) is 12.2. The summed E-state index contributed by atoms with van der Waals surface area (Å²) >= 11 is 5.76. The van der Waals surface area contributed by atoms with Gasteiger partial charge >= 0.3 is 18.3 Å². The predicted molar refractivity (Wildman–Crippen MR) is 81.1 cm³/mol. The number of nitrogens with zero attached hydrogens (tertiary/aromatic N) is 1. The second-order valence-electron chi connectivity index (χ2n) is 5.60. The van der Waals surface area contributed by atoms with Gasteiger partial charge in [0.2, 0.25) is 0 Å². The number of pyridine rings is 2. The minimum absolute atomic E-state index is 0.0196. The Hall–Kier alpha value is -2.36. The van der Waals surface area contributed by atoms with E-state index in [9.17, 15) is 39.9 Å². The first-order valence-corrected chi connectivity index (χ1v) is 7.43. The molecule has 0 radical (unpaired) electrons. The lowest BCUT2D eigenvalue weighted by molar-refractivity contribution is -0.291. The van der Waals surface area contributed by atoms with E-state index in [1.807, 2.05) is 0 Å². The Labute approximate surface area is 149 Å². The smallest absolute Gasteiger partial charge is 0.276 e. The highest BCUT2D eigenvalue weighted by atomic mass is 35.5. The van der Waals surface area contributed by atoms with Gasteiger partial charge in [-0.1, -0.05) is 17.7 Å². The van der Waals surface area contributed by atoms with Crippen molar-refractivity contribution >= 4 is 28.0 Å². The van der Waals surface area contributed by atoms with Gasteiger partial charge in [-0.25, -0.2) is 0 Å². The fraction of sp³-hybridized carbons (Fsp3) is 0.188. The molecule has 144 valence electrons. The monoisotopic (exact) mass is 415 g/mol. The van der Waals surface area contributed by atoms with Crippen molar-refractivity contribution in [3.63, 3.8) is 0 Å². The summed E-state index contributed by atoms with van der Waals surface area (Å²) in [5.74, 6) is -5.87. The van der Waals surface area contributed by atoms with Crippen LogP contribution < -0.4 is 5.56 Å². The third-order valence-corrected chi connectivity index (χ3v) is 4.11. The molecule has 0 spiro atoms. The molecular formula is C16H6ClF8NO. The fourth-order valence-electron chi connectivity index (χ4n) is 2.71. The van der Waals surface area contributed by atoms with Gasteiger partial charge in [0.15, 0.2) is 0 Å². The first-order valence-electron chi connectivity index (χ1n) is 7.05. The maximum absolute atomic E-state index is 13.7. The van der Waals surface area contributed by atoms with Gasteiger partial charge in [-0.3, -0.25) is 9.20 Å². The fourth-order valence-corrected chi connectivity index (χ4v) is 2.89. The summed E-state index contributed by atoms with van der Waals surface area (Å²) in [4.78, 5) is 12.4. The second-order valence-corrected chi connectivity index (χ2v) is 6.04. The van der Waals surface area contributed by atoms with Crippen molar-refractivity contribution in [1.29, 1.82) is 0 Å². The van der Waals surface area contributed by atoms with Gasteiger partial charge in [0, 0.05) is 15.9 Å². The summed E-state index contributed by atoms with van der Waals surface area (Å²) in [6.07, 6.45) is -12.1. The molecule has 0 aliphatic carbocycles. The molecule has 0 amide bonds. The Morgan fingerprint density at radius 1 is 0.852 bits per heavy atom. The van der Waals surface area contributed by atoms with Gasteiger partial charge in [-0.05, 0) is 30.3 Å². The van der Waals surface area contributed by atoms with E-state index in [-0.39, 0.29) is 22.0 Å². The average molecular weight is 416 g/mol. The van der Waals surface area contributed by atoms with Crippen LogP contribution in [0, 0.1) is 0 Å². The third kappa shape index (κ3) is 3.01. The molecular weight excluding hydrogens is 410 g/mol. The molecule has 0 fully saturated rings. The number of hydrogen-bond donors (Lipinski definition) is 0. The standard InChI is InChI=1S/C16H6ClF8NO/c17-8-2-4-11-7(5-8)1-3-9-6-10(14(18,19)16(23,24)25)12(15(20,21)22)13(27)26(9)11/h1-6H. The van der Waals surface area contributed by atoms with Crippen LogP contribution >= 0.6 is 11.6 Å². The maximum atomic E-state index is 13.7. The molecule has 27 heavy (non-hydrogen) atoms. The Balaban J connectivity index is 2.55. The number of hydrogen-bond acceptors (Lipinski definition) is 1. The predicted octanol–water partition coefficient (Wildman–Crippen LogP) is 5.78. The van der Waals surface area contributed by atoms with E-state index in [1.54, 1.807) is 0 Å². The van der Waals surface area contributed by atoms with E-state index in [0.29, 0.717) is 4.40 Å². The lowest BCUT2D eigenvalue weighted by atomic mass is 10.0. The van der Waals surface area contributed by atoms with Gasteiger partial charge in [0.05, 0.1) is 11.1 Å². The highest BCUT2D eigenvalue weighted by Crippen LogP contribution is 2.47. The van der Waals surface area contributed by atoms with Crippen LogP contribution in [0.4, 0.5) is 35.1 Å². The summed E-state index contributed by atoms with van der Waals surface area (Å²) < 4.78 is 106. The van der Waals surface area contributed by atoms with Crippen LogP contribution in [0.15, 0.2) is 41.2 Å². The zero-order chi connectivity index (χ0) is 20.4. The molecule has 1 aromatic carbocycles. The number of rotatable bonds is 1. The van der Waals surface area contributed by atoms with Crippen molar-refractivity contribution in [2.24, 2.45) is 0 Å². The van der Waals surface area contributed by atoms with Crippen molar-refractivity contribution in [3.8, 4) is 0 Å². The number of aromatic nitrogens is 1. The average Bonchev–Trinajstić information content (AvgIpc) is 2.51. The zero-order valence-electron chi connectivity index (χ0n) is 12.7. The SMILES string of the molecule is O=c1c(C(F)(F)F)c(C(F)(F)C(F)(F)F)cc2ccc3cc(Cl)ccc3n12. The van der Waals surface area contributed by atoms with Crippen LogP contribution in [-0.2, 0) is 12.1 Å². The number of benzene rings is 1. The van der Waals surface area contributed by atoms with E-state index >= 15 is 0 Å². The van der Waals surface area contributed by atoms with Gasteiger partial charge in [-0.2, -0.15) is 35.1 Å². The molecule has 3 rings (SSSR count). The van der Waals surface area contributed by atoms with Crippen LogP contribution in [0.5, 0.6) is 0 Å². The third-order valence-electron chi connectivity index (χ3n) is 3.88. The molecule has 2 aromatic heterocycles. The topological polar surface area (TPSA) is 21.5 Å². The molecule has 0 atom stereocenters. The van der Waals surface area contributed by atoms with Gasteiger partial charge in [-0.15, -0.1) is 0 Å². The Bertz CT molecular complexity index is 1110. The largest absolute Gasteiger partial charge is 0.458 e. The van der Waals surface area contributed by atoms with Crippen molar-refractivity contribution < 1.29 is 35.1 Å². The summed E-state index contributed by atoms with van der Waals surface area (Å²) in [5, 5.41) is 0.381. The van der Waals surface area contributed by atoms with Crippen molar-refractivity contribution in [2.45, 2.75) is 18.3 Å². The zero-order valence-corrected chi connectivity index (χ0v) is 13.5. The van der Waals surface area contributed by atoms with Crippen molar-refractivity contribution in [2.75, 3.05) is 0 Å². The summed E-state index contributed by atoms with van der Waals surface area (Å²) in [7, 11) is 0. The Morgan fingerprint density at radius 2 is 1.48 bits per heavy atom. The van der Waals surface area contributed by atoms with Gasteiger partial charge < -0.3 is 0 Å². The van der Waals surface area contributed by atoms with Crippen LogP contribution in [0.25, 0.3) is 16.4 Å². The molecule has 2 nitrogen and oxygen atoms in total. The molecule has 0 bridgehead atoms. The normalized spacial score (nSPS) is 13.5. The molecule has 2 heterocycles. The highest BCUT2D eigenvalue weighted by molar-refractivity contribution is 6.31. The summed E-state index contributed by atoms with van der Waals surface area (Å²) in [6, 6.07) is 5.91. The van der Waals surface area contributed by atoms with Crippen LogP contribution in [0.3, 0.4) is 0 Å². The van der Waals surface area contributed by atoms with Crippen molar-refractivity contribution in [3.05, 3.63) is 62.9 Å². The number of halogens is 9.